The second kappa shape index (κ2) is 8.88. The van der Waals surface area contributed by atoms with E-state index in [1.54, 1.807) is 18.2 Å². The zero-order valence-electron chi connectivity index (χ0n) is 15.3. The van der Waals surface area contributed by atoms with E-state index in [4.69, 9.17) is 12.2 Å². The highest BCUT2D eigenvalue weighted by Gasteiger charge is 2.32. The van der Waals surface area contributed by atoms with E-state index in [9.17, 15) is 27.9 Å². The number of thiocarbonyl (C=S) groups is 1. The summed E-state index contributed by atoms with van der Waals surface area (Å²) in [6.45, 7) is -0.00710. The van der Waals surface area contributed by atoms with Crippen molar-refractivity contribution in [3.05, 3.63) is 64.6 Å². The van der Waals surface area contributed by atoms with E-state index in [2.05, 4.69) is 5.32 Å². The fourth-order valence-electron chi connectivity index (χ4n) is 2.67. The van der Waals surface area contributed by atoms with Crippen molar-refractivity contribution in [3.63, 3.8) is 0 Å². The number of aromatic hydroxyl groups is 1. The van der Waals surface area contributed by atoms with Gasteiger partial charge >= 0.3 is 6.18 Å². The van der Waals surface area contributed by atoms with Gasteiger partial charge in [0.2, 0.25) is 5.91 Å². The van der Waals surface area contributed by atoms with Crippen LogP contribution in [0.4, 0.5) is 18.9 Å². The molecule has 0 saturated carbocycles. The molecule has 1 aliphatic heterocycles. The maximum atomic E-state index is 12.8. The van der Waals surface area contributed by atoms with Crippen molar-refractivity contribution in [2.75, 3.05) is 11.9 Å². The highest BCUT2D eigenvalue weighted by Crippen LogP contribution is 2.33. The van der Waals surface area contributed by atoms with Gasteiger partial charge in [-0.25, -0.2) is 0 Å². The minimum Gasteiger partial charge on any atom is -0.508 e. The van der Waals surface area contributed by atoms with Crippen molar-refractivity contribution >= 4 is 51.9 Å². The van der Waals surface area contributed by atoms with Gasteiger partial charge in [0.05, 0.1) is 10.5 Å². The normalized spacial score (nSPS) is 15.7. The Hall–Kier alpha value is -2.85. The van der Waals surface area contributed by atoms with Gasteiger partial charge in [0.15, 0.2) is 0 Å². The quantitative estimate of drug-likeness (QED) is 0.511. The van der Waals surface area contributed by atoms with Crippen LogP contribution >= 0.6 is 24.0 Å². The molecule has 0 aromatic heterocycles. The Morgan fingerprint density at radius 2 is 1.93 bits per heavy atom. The van der Waals surface area contributed by atoms with Gasteiger partial charge in [0.25, 0.3) is 5.91 Å². The second-order valence-electron chi connectivity index (χ2n) is 6.31. The van der Waals surface area contributed by atoms with Gasteiger partial charge in [0.1, 0.15) is 10.1 Å². The summed E-state index contributed by atoms with van der Waals surface area (Å²) in [5.41, 5.74) is -0.226. The number of nitrogens with zero attached hydrogens (tertiary/aromatic N) is 1. The van der Waals surface area contributed by atoms with Gasteiger partial charge in [-0.15, -0.1) is 0 Å². The van der Waals surface area contributed by atoms with Gasteiger partial charge in [-0.1, -0.05) is 42.2 Å². The number of phenols is 1. The van der Waals surface area contributed by atoms with Crippen LogP contribution in [0.1, 0.15) is 17.5 Å². The highest BCUT2D eigenvalue weighted by atomic mass is 32.2. The lowest BCUT2D eigenvalue weighted by molar-refractivity contribution is -0.137. The van der Waals surface area contributed by atoms with E-state index >= 15 is 0 Å². The van der Waals surface area contributed by atoms with E-state index in [0.29, 0.717) is 10.5 Å². The van der Waals surface area contributed by atoms with E-state index < -0.39 is 17.6 Å². The number of hydrogen-bond donors (Lipinski definition) is 2. The summed E-state index contributed by atoms with van der Waals surface area (Å²) in [4.78, 5) is 26.3. The summed E-state index contributed by atoms with van der Waals surface area (Å²) in [6.07, 6.45) is -3.06. The van der Waals surface area contributed by atoms with Crippen molar-refractivity contribution in [1.82, 2.24) is 4.90 Å². The van der Waals surface area contributed by atoms with Crippen LogP contribution in [0.15, 0.2) is 53.4 Å². The fraction of sp³-hybridized carbons (Fsp3) is 0.150. The topological polar surface area (TPSA) is 69.6 Å². The average molecular weight is 452 g/mol. The smallest absolute Gasteiger partial charge is 0.416 e. The molecule has 1 fully saturated rings. The van der Waals surface area contributed by atoms with Crippen LogP contribution in [0.2, 0.25) is 0 Å². The number of carbonyl (C=O) groups excluding carboxylic acids is 2. The Morgan fingerprint density at radius 3 is 2.63 bits per heavy atom. The third-order valence-corrected chi connectivity index (χ3v) is 5.46. The number of benzene rings is 2. The number of rotatable bonds is 5. The Labute approximate surface area is 179 Å². The maximum Gasteiger partial charge on any atom is 0.416 e. The van der Waals surface area contributed by atoms with E-state index in [-0.39, 0.29) is 34.6 Å². The molecule has 0 aliphatic carbocycles. The van der Waals surface area contributed by atoms with Gasteiger partial charge in [-0.3, -0.25) is 14.5 Å². The summed E-state index contributed by atoms with van der Waals surface area (Å²) in [5, 5.41) is 11.9. The Bertz CT molecular complexity index is 1040. The molecule has 0 bridgehead atoms. The first-order chi connectivity index (χ1) is 14.1. The molecule has 0 atom stereocenters. The Morgan fingerprint density at radius 1 is 1.20 bits per heavy atom. The molecular formula is C20H15F3N2O3S2. The van der Waals surface area contributed by atoms with Crippen LogP contribution in [0.3, 0.4) is 0 Å². The van der Waals surface area contributed by atoms with Crippen LogP contribution in [-0.2, 0) is 15.8 Å². The standard InChI is InChI=1S/C20H15F3N2O3S2/c21-20(22,23)13-4-2-5-14(11-13)24-17(27)7-8-25-18(28)16(30-19(25)29)10-12-3-1-6-15(26)9-12/h1-6,9-11,26H,7-8H2,(H,24,27)/b16-10-. The lowest BCUT2D eigenvalue weighted by Gasteiger charge is -2.14. The largest absolute Gasteiger partial charge is 0.508 e. The van der Waals surface area contributed by atoms with Crippen molar-refractivity contribution in [2.24, 2.45) is 0 Å². The minimum atomic E-state index is -4.51. The SMILES string of the molecule is O=C(CCN1C(=O)/C(=C/c2cccc(O)c2)SC1=S)Nc1cccc(C(F)(F)F)c1. The third kappa shape index (κ3) is 5.39. The molecule has 0 unspecified atom stereocenters. The molecule has 1 aliphatic rings. The molecule has 10 heteroatoms. The molecule has 156 valence electrons. The maximum absolute atomic E-state index is 12.8. The van der Waals surface area contributed by atoms with Gasteiger partial charge < -0.3 is 10.4 Å². The summed E-state index contributed by atoms with van der Waals surface area (Å²) in [6, 6.07) is 10.7. The number of alkyl halides is 3. The van der Waals surface area contributed by atoms with Crippen molar-refractivity contribution in [2.45, 2.75) is 12.6 Å². The fourth-order valence-corrected chi connectivity index (χ4v) is 3.98. The molecule has 2 amide bonds. The zero-order valence-corrected chi connectivity index (χ0v) is 16.9. The predicted octanol–water partition coefficient (Wildman–Crippen LogP) is 4.64. The van der Waals surface area contributed by atoms with E-state index in [1.807, 2.05) is 0 Å². The second-order valence-corrected chi connectivity index (χ2v) is 7.98. The van der Waals surface area contributed by atoms with Crippen LogP contribution in [0, 0.1) is 0 Å². The van der Waals surface area contributed by atoms with Gasteiger partial charge in [-0.2, -0.15) is 13.2 Å². The molecule has 3 rings (SSSR count). The third-order valence-electron chi connectivity index (χ3n) is 4.08. The lowest BCUT2D eigenvalue weighted by atomic mass is 10.2. The zero-order chi connectivity index (χ0) is 21.9. The van der Waals surface area contributed by atoms with Gasteiger partial charge in [-0.05, 0) is 42.0 Å². The molecule has 1 heterocycles. The molecule has 5 nitrogen and oxygen atoms in total. The molecule has 2 aromatic carbocycles. The number of phenolic OH excluding ortho intramolecular Hbond substituents is 1. The summed E-state index contributed by atoms with van der Waals surface area (Å²) in [7, 11) is 0. The first-order valence-electron chi connectivity index (χ1n) is 8.65. The first kappa shape index (κ1) is 21.8. The molecule has 0 radical (unpaired) electrons. The number of carbonyl (C=O) groups is 2. The number of hydrogen-bond acceptors (Lipinski definition) is 5. The molecule has 1 saturated heterocycles. The van der Waals surface area contributed by atoms with Crippen LogP contribution in [0.5, 0.6) is 5.75 Å². The summed E-state index contributed by atoms with van der Waals surface area (Å²) >= 11 is 6.27. The van der Waals surface area contributed by atoms with E-state index in [0.717, 1.165) is 23.9 Å². The minimum absolute atomic E-state index is 0.00710. The van der Waals surface area contributed by atoms with Crippen molar-refractivity contribution in [1.29, 1.82) is 0 Å². The monoisotopic (exact) mass is 452 g/mol. The van der Waals surface area contributed by atoms with E-state index in [1.165, 1.54) is 29.2 Å². The number of thioether (sulfide) groups is 1. The van der Waals surface area contributed by atoms with Gasteiger partial charge in [0, 0.05) is 18.7 Å². The van der Waals surface area contributed by atoms with Crippen molar-refractivity contribution < 1.29 is 27.9 Å². The van der Waals surface area contributed by atoms with Crippen LogP contribution < -0.4 is 5.32 Å². The van der Waals surface area contributed by atoms with Crippen LogP contribution in [0.25, 0.3) is 6.08 Å². The predicted molar refractivity (Wildman–Crippen MR) is 113 cm³/mol. The highest BCUT2D eigenvalue weighted by molar-refractivity contribution is 8.26. The summed E-state index contributed by atoms with van der Waals surface area (Å²) < 4.78 is 38.6. The number of halogens is 3. The lowest BCUT2D eigenvalue weighted by Crippen LogP contribution is -2.31. The number of nitrogens with one attached hydrogen (secondary N) is 1. The van der Waals surface area contributed by atoms with Crippen molar-refractivity contribution in [3.8, 4) is 5.75 Å². The molecule has 30 heavy (non-hydrogen) atoms. The summed E-state index contributed by atoms with van der Waals surface area (Å²) in [5.74, 6) is -0.856. The number of anilines is 1. The average Bonchev–Trinajstić information content (AvgIpc) is 2.92. The van der Waals surface area contributed by atoms with Crippen LogP contribution in [-0.4, -0.2) is 32.7 Å². The molecular weight excluding hydrogens is 437 g/mol. The molecule has 0 spiro atoms. The first-order valence-corrected chi connectivity index (χ1v) is 9.87. The Balaban J connectivity index is 1.61. The molecule has 2 aromatic rings. The molecule has 2 N–H and O–H groups in total. The Kier molecular flexibility index (Phi) is 6.47. The number of amides is 2.